The number of hydrogen-bond acceptors (Lipinski definition) is 7. The summed E-state index contributed by atoms with van der Waals surface area (Å²) in [5.74, 6) is 1.06. The van der Waals surface area contributed by atoms with Crippen molar-refractivity contribution in [3.8, 4) is 17.0 Å². The zero-order valence-electron chi connectivity index (χ0n) is 22.8. The van der Waals surface area contributed by atoms with Gasteiger partial charge in [-0.05, 0) is 61.4 Å². The summed E-state index contributed by atoms with van der Waals surface area (Å²) in [4.78, 5) is 39.9. The lowest BCUT2D eigenvalue weighted by Crippen LogP contribution is -2.43. The number of fused-ring (bicyclic) bond motifs is 4. The van der Waals surface area contributed by atoms with E-state index in [0.29, 0.717) is 17.0 Å². The predicted octanol–water partition coefficient (Wildman–Crippen LogP) is 6.17. The summed E-state index contributed by atoms with van der Waals surface area (Å²) in [6.07, 6.45) is 3.97. The van der Waals surface area contributed by atoms with Gasteiger partial charge in [0.25, 0.3) is 0 Å². The summed E-state index contributed by atoms with van der Waals surface area (Å²) in [6, 6.07) is 6.28. The third kappa shape index (κ3) is 4.42. The second-order valence-corrected chi connectivity index (χ2v) is 13.5. The molecule has 4 aliphatic rings. The quantitative estimate of drug-likeness (QED) is 0.306. The van der Waals surface area contributed by atoms with E-state index in [9.17, 15) is 9.59 Å². The SMILES string of the molecule is CCN1C[C@H]2C[C@@H]1[C@H](Oc1c(C)cc(Cl)cc1-c1ncnc3cc(CN4C(=O)C5C(C4=O)C5(C)C)sc13)C2.Cl.Cl. The van der Waals surface area contributed by atoms with Crippen LogP contribution in [0.5, 0.6) is 5.75 Å². The highest BCUT2D eigenvalue weighted by Crippen LogP contribution is 2.63. The number of likely N-dealkylation sites (N-methyl/N-ethyl adjacent to an activating group) is 1. The molecule has 7 nitrogen and oxygen atoms in total. The molecule has 3 aromatic rings. The molecular formula is C29H33Cl3N4O3S. The Bertz CT molecular complexity index is 1490. The van der Waals surface area contributed by atoms with Crippen molar-refractivity contribution in [2.24, 2.45) is 23.2 Å². The highest BCUT2D eigenvalue weighted by Gasteiger charge is 2.72. The lowest BCUT2D eigenvalue weighted by molar-refractivity contribution is -0.143. The van der Waals surface area contributed by atoms with Crippen LogP contribution in [0.1, 0.15) is 44.1 Å². The molecule has 2 unspecified atom stereocenters. The first-order chi connectivity index (χ1) is 18.2. The van der Waals surface area contributed by atoms with E-state index < -0.39 is 0 Å². The van der Waals surface area contributed by atoms with Crippen molar-refractivity contribution >= 4 is 69.8 Å². The Morgan fingerprint density at radius 2 is 1.82 bits per heavy atom. The summed E-state index contributed by atoms with van der Waals surface area (Å²) in [5.41, 5.74) is 3.19. The minimum atomic E-state index is -0.211. The molecule has 11 heteroatoms. The molecule has 0 radical (unpaired) electrons. The van der Waals surface area contributed by atoms with Crippen LogP contribution in [0.4, 0.5) is 0 Å². The van der Waals surface area contributed by atoms with Gasteiger partial charge in [0.05, 0.1) is 34.3 Å². The maximum absolute atomic E-state index is 12.9. The average Bonchev–Trinajstić information content (AvgIpc) is 3.39. The normalized spacial score (nSPS) is 28.0. The van der Waals surface area contributed by atoms with Crippen molar-refractivity contribution in [1.29, 1.82) is 0 Å². The van der Waals surface area contributed by atoms with E-state index in [1.165, 1.54) is 29.2 Å². The van der Waals surface area contributed by atoms with Crippen LogP contribution in [0.15, 0.2) is 24.5 Å². The smallest absolute Gasteiger partial charge is 0.234 e. The number of likely N-dealkylation sites (tertiary alicyclic amines) is 2. The number of hydrogen-bond donors (Lipinski definition) is 0. The first kappa shape index (κ1) is 29.5. The molecule has 5 atom stereocenters. The van der Waals surface area contributed by atoms with Crippen molar-refractivity contribution in [1.82, 2.24) is 19.8 Å². The van der Waals surface area contributed by atoms with E-state index in [0.717, 1.165) is 50.6 Å². The molecule has 4 heterocycles. The Hall–Kier alpha value is -1.97. The van der Waals surface area contributed by atoms with Crippen LogP contribution in [-0.2, 0) is 16.1 Å². The topological polar surface area (TPSA) is 75.6 Å². The molecule has 1 aromatic carbocycles. The molecule has 0 spiro atoms. The fourth-order valence-corrected chi connectivity index (χ4v) is 8.64. The molecule has 2 aliphatic heterocycles. The number of benzene rings is 1. The molecule has 214 valence electrons. The standard InChI is InChI=1S/C29H31ClN4O3S.2ClH/c1-5-33-11-15-7-20(33)21(8-15)37-25-14(2)6-16(30)9-18(25)24-26-19(31-13-32-24)10-17(38-26)12-34-27(35)22-23(28(34)36)29(22,3)4;;/h6,9-10,13,15,20-23H,5,7-8,11-12H2,1-4H3;2*1H/t15-,20+,21+,22?,23?;;/m0../s1. The summed E-state index contributed by atoms with van der Waals surface area (Å²) >= 11 is 8.08. The number of aryl methyl sites for hydroxylation is 1. The van der Waals surface area contributed by atoms with Gasteiger partial charge in [0, 0.05) is 28.0 Å². The number of amides is 2. The summed E-state index contributed by atoms with van der Waals surface area (Å²) in [5, 5.41) is 0.631. The van der Waals surface area contributed by atoms with E-state index in [1.54, 1.807) is 6.33 Å². The van der Waals surface area contributed by atoms with Gasteiger partial charge in [0.2, 0.25) is 11.8 Å². The number of nitrogens with zero attached hydrogens (tertiary/aromatic N) is 4. The van der Waals surface area contributed by atoms with Crippen LogP contribution >= 0.6 is 47.8 Å². The van der Waals surface area contributed by atoms with E-state index in [-0.39, 0.29) is 66.5 Å². The number of carbonyl (C=O) groups excluding carboxylic acids is 2. The zero-order valence-corrected chi connectivity index (χ0v) is 26.1. The number of ether oxygens (including phenoxy) is 1. The minimum Gasteiger partial charge on any atom is -0.488 e. The predicted molar refractivity (Wildman–Crippen MR) is 162 cm³/mol. The lowest BCUT2D eigenvalue weighted by Gasteiger charge is -2.33. The maximum atomic E-state index is 12.9. The monoisotopic (exact) mass is 622 g/mol. The van der Waals surface area contributed by atoms with Gasteiger partial charge in [-0.3, -0.25) is 19.4 Å². The molecule has 2 aliphatic carbocycles. The fraction of sp³-hybridized carbons (Fsp3) is 0.517. The van der Waals surface area contributed by atoms with Crippen LogP contribution in [-0.4, -0.2) is 56.8 Å². The zero-order chi connectivity index (χ0) is 26.5. The molecular weight excluding hydrogens is 591 g/mol. The van der Waals surface area contributed by atoms with Gasteiger partial charge in [0.1, 0.15) is 18.2 Å². The number of carbonyl (C=O) groups is 2. The number of piperidine rings is 2. The average molecular weight is 624 g/mol. The third-order valence-corrected chi connectivity index (χ3v) is 10.6. The lowest BCUT2D eigenvalue weighted by atomic mass is 10.0. The second-order valence-electron chi connectivity index (χ2n) is 11.9. The first-order valence-corrected chi connectivity index (χ1v) is 14.7. The van der Waals surface area contributed by atoms with E-state index in [1.807, 2.05) is 39.0 Å². The van der Waals surface area contributed by atoms with E-state index in [2.05, 4.69) is 21.8 Å². The largest absolute Gasteiger partial charge is 0.488 e. The Labute approximate surface area is 255 Å². The third-order valence-electron chi connectivity index (χ3n) is 9.27. The van der Waals surface area contributed by atoms with Crippen molar-refractivity contribution in [3.63, 3.8) is 0 Å². The molecule has 2 saturated heterocycles. The summed E-state index contributed by atoms with van der Waals surface area (Å²) in [7, 11) is 0. The minimum absolute atomic E-state index is 0. The van der Waals surface area contributed by atoms with Gasteiger partial charge >= 0.3 is 0 Å². The van der Waals surface area contributed by atoms with Crippen LogP contribution < -0.4 is 4.74 Å². The summed E-state index contributed by atoms with van der Waals surface area (Å²) < 4.78 is 7.69. The van der Waals surface area contributed by atoms with Gasteiger partial charge in [0.15, 0.2) is 0 Å². The van der Waals surface area contributed by atoms with Crippen molar-refractivity contribution < 1.29 is 14.3 Å². The Kier molecular flexibility index (Phi) is 7.67. The maximum Gasteiger partial charge on any atom is 0.234 e. The van der Waals surface area contributed by atoms with Crippen molar-refractivity contribution in [3.05, 3.63) is 40.0 Å². The summed E-state index contributed by atoms with van der Waals surface area (Å²) in [6.45, 7) is 10.7. The first-order valence-electron chi connectivity index (χ1n) is 13.5. The molecule has 2 saturated carbocycles. The molecule has 2 aromatic heterocycles. The molecule has 2 amide bonds. The van der Waals surface area contributed by atoms with Crippen LogP contribution in [0.25, 0.3) is 21.5 Å². The number of aromatic nitrogens is 2. The number of rotatable bonds is 6. The molecule has 7 rings (SSSR count). The number of halogens is 3. The van der Waals surface area contributed by atoms with Gasteiger partial charge in [-0.1, -0.05) is 32.4 Å². The Morgan fingerprint density at radius 3 is 2.50 bits per heavy atom. The highest BCUT2D eigenvalue weighted by molar-refractivity contribution is 7.19. The van der Waals surface area contributed by atoms with Gasteiger partial charge in [-0.2, -0.15) is 0 Å². The van der Waals surface area contributed by atoms with Gasteiger partial charge in [-0.25, -0.2) is 9.97 Å². The van der Waals surface area contributed by atoms with Gasteiger partial charge < -0.3 is 4.74 Å². The molecule has 4 fully saturated rings. The van der Waals surface area contributed by atoms with Gasteiger partial charge in [-0.15, -0.1) is 36.2 Å². The highest BCUT2D eigenvalue weighted by atomic mass is 35.5. The second kappa shape index (κ2) is 10.4. The molecule has 40 heavy (non-hydrogen) atoms. The number of imide groups is 1. The van der Waals surface area contributed by atoms with Crippen LogP contribution in [0.2, 0.25) is 5.02 Å². The van der Waals surface area contributed by atoms with E-state index >= 15 is 0 Å². The molecule has 0 N–H and O–H groups in total. The van der Waals surface area contributed by atoms with E-state index in [4.69, 9.17) is 16.3 Å². The van der Waals surface area contributed by atoms with Crippen molar-refractivity contribution in [2.75, 3.05) is 13.1 Å². The fourth-order valence-electron chi connectivity index (χ4n) is 7.27. The van der Waals surface area contributed by atoms with Crippen LogP contribution in [0, 0.1) is 30.1 Å². The molecule has 2 bridgehead atoms. The van der Waals surface area contributed by atoms with Crippen LogP contribution in [0.3, 0.4) is 0 Å². The Balaban J connectivity index is 0.00000161. The number of thiophene rings is 1. The Morgan fingerprint density at radius 1 is 1.10 bits per heavy atom. The van der Waals surface area contributed by atoms with Crippen molar-refractivity contribution in [2.45, 2.75) is 59.2 Å².